The van der Waals surface area contributed by atoms with E-state index in [0.29, 0.717) is 22.1 Å². The highest BCUT2D eigenvalue weighted by molar-refractivity contribution is 6.30. The van der Waals surface area contributed by atoms with E-state index in [9.17, 15) is 9.59 Å². The Labute approximate surface area is 143 Å². The first kappa shape index (κ1) is 15.9. The summed E-state index contributed by atoms with van der Waals surface area (Å²) >= 11 is 5.85. The van der Waals surface area contributed by atoms with Crippen molar-refractivity contribution in [1.29, 1.82) is 0 Å². The molecule has 2 amide bonds. The molecule has 0 bridgehead atoms. The third kappa shape index (κ3) is 3.18. The van der Waals surface area contributed by atoms with Crippen molar-refractivity contribution in [2.45, 2.75) is 0 Å². The number of anilines is 2. The summed E-state index contributed by atoms with van der Waals surface area (Å²) in [5.41, 5.74) is 12.6. The van der Waals surface area contributed by atoms with Crippen molar-refractivity contribution >= 4 is 40.9 Å². The molecule has 6 nitrogen and oxygen atoms in total. The number of ether oxygens (including phenoxy) is 1. The smallest absolute Gasteiger partial charge is 0.294 e. The van der Waals surface area contributed by atoms with Crippen LogP contribution in [0.3, 0.4) is 0 Å². The number of nitrogens with two attached hydrogens (primary N) is 2. The number of nitrogens with zero attached hydrogens (tertiary/aromatic N) is 1. The summed E-state index contributed by atoms with van der Waals surface area (Å²) in [6.45, 7) is -0.267. The number of fused-ring (bicyclic) bond motifs is 1. The number of benzene rings is 2. The van der Waals surface area contributed by atoms with E-state index in [1.54, 1.807) is 48.5 Å². The standard InChI is InChI=1S/C17H14ClN3O3/c18-11-3-1-10(2-4-11)7-15-17(23)21(9-16(20)22)13-8-12(19)5-6-14(13)24-15/h1-8H,9,19H2,(H2,20,22)/b15-7+. The van der Waals surface area contributed by atoms with E-state index < -0.39 is 11.8 Å². The van der Waals surface area contributed by atoms with Crippen molar-refractivity contribution in [3.8, 4) is 5.75 Å². The maximum absolute atomic E-state index is 12.7. The zero-order valence-electron chi connectivity index (χ0n) is 12.5. The minimum atomic E-state index is -0.635. The van der Waals surface area contributed by atoms with Crippen LogP contribution in [0.5, 0.6) is 5.75 Å². The van der Waals surface area contributed by atoms with Gasteiger partial charge in [-0.25, -0.2) is 0 Å². The van der Waals surface area contributed by atoms with Gasteiger partial charge in [0.05, 0.1) is 5.69 Å². The lowest BCUT2D eigenvalue weighted by Crippen LogP contribution is -2.42. The molecule has 0 aliphatic carbocycles. The molecule has 1 aliphatic heterocycles. The number of hydrogen-bond acceptors (Lipinski definition) is 4. The summed E-state index contributed by atoms with van der Waals surface area (Å²) in [5, 5.41) is 0.587. The van der Waals surface area contributed by atoms with Gasteiger partial charge < -0.3 is 16.2 Å². The van der Waals surface area contributed by atoms with Gasteiger partial charge in [0.1, 0.15) is 6.54 Å². The van der Waals surface area contributed by atoms with E-state index in [0.717, 1.165) is 5.56 Å². The number of halogens is 1. The highest BCUT2D eigenvalue weighted by Crippen LogP contribution is 2.37. The Hall–Kier alpha value is -2.99. The maximum atomic E-state index is 12.7. The number of hydrogen-bond donors (Lipinski definition) is 2. The van der Waals surface area contributed by atoms with Gasteiger partial charge in [-0.1, -0.05) is 23.7 Å². The molecule has 0 fully saturated rings. The van der Waals surface area contributed by atoms with Crippen LogP contribution in [0.1, 0.15) is 5.56 Å². The molecule has 4 N–H and O–H groups in total. The van der Waals surface area contributed by atoms with Crippen LogP contribution in [0.2, 0.25) is 5.02 Å². The van der Waals surface area contributed by atoms with E-state index in [1.807, 2.05) is 0 Å². The normalized spacial score (nSPS) is 15.1. The van der Waals surface area contributed by atoms with Gasteiger partial charge >= 0.3 is 0 Å². The molecule has 0 unspecified atom stereocenters. The minimum absolute atomic E-state index is 0.0795. The summed E-state index contributed by atoms with van der Waals surface area (Å²) in [4.78, 5) is 25.2. The van der Waals surface area contributed by atoms with Crippen LogP contribution in [0, 0.1) is 0 Å². The van der Waals surface area contributed by atoms with E-state index >= 15 is 0 Å². The number of amides is 2. The zero-order valence-corrected chi connectivity index (χ0v) is 13.3. The molecule has 3 rings (SSSR count). The van der Waals surface area contributed by atoms with Gasteiger partial charge in [0.2, 0.25) is 5.91 Å². The topological polar surface area (TPSA) is 98.7 Å². The summed E-state index contributed by atoms with van der Waals surface area (Å²) in [6.07, 6.45) is 1.58. The summed E-state index contributed by atoms with van der Waals surface area (Å²) in [7, 11) is 0. The van der Waals surface area contributed by atoms with Gasteiger partial charge in [-0.2, -0.15) is 0 Å². The number of nitrogen functional groups attached to an aromatic ring is 1. The molecule has 1 aliphatic rings. The third-order valence-corrected chi connectivity index (χ3v) is 3.68. The fraction of sp³-hybridized carbons (Fsp3) is 0.0588. The number of carbonyl (C=O) groups excluding carboxylic acids is 2. The second-order valence-electron chi connectivity index (χ2n) is 5.25. The highest BCUT2D eigenvalue weighted by atomic mass is 35.5. The summed E-state index contributed by atoms with van der Waals surface area (Å²) in [5.74, 6) is -0.604. The lowest BCUT2D eigenvalue weighted by Gasteiger charge is -2.29. The van der Waals surface area contributed by atoms with Gasteiger partial charge in [-0.15, -0.1) is 0 Å². The molecule has 1 heterocycles. The molecule has 7 heteroatoms. The Bertz CT molecular complexity index is 847. The SMILES string of the molecule is NC(=O)CN1C(=O)/C(=C\c2ccc(Cl)cc2)Oc2ccc(N)cc21. The second kappa shape index (κ2) is 6.25. The fourth-order valence-electron chi connectivity index (χ4n) is 2.35. The lowest BCUT2D eigenvalue weighted by molar-refractivity contribution is -0.121. The van der Waals surface area contributed by atoms with Crippen molar-refractivity contribution in [2.75, 3.05) is 17.2 Å². The third-order valence-electron chi connectivity index (χ3n) is 3.43. The van der Waals surface area contributed by atoms with Gasteiger partial charge in [-0.05, 0) is 42.0 Å². The van der Waals surface area contributed by atoms with Gasteiger partial charge in [0, 0.05) is 10.7 Å². The molecule has 2 aromatic carbocycles. The monoisotopic (exact) mass is 343 g/mol. The van der Waals surface area contributed by atoms with Crippen LogP contribution in [-0.4, -0.2) is 18.4 Å². The quantitative estimate of drug-likeness (QED) is 0.659. The molecule has 0 atom stereocenters. The van der Waals surface area contributed by atoms with E-state index in [4.69, 9.17) is 27.8 Å². The molecular formula is C17H14ClN3O3. The van der Waals surface area contributed by atoms with Crippen molar-refractivity contribution in [3.63, 3.8) is 0 Å². The fourth-order valence-corrected chi connectivity index (χ4v) is 2.48. The van der Waals surface area contributed by atoms with Crippen LogP contribution in [-0.2, 0) is 9.59 Å². The first-order chi connectivity index (χ1) is 11.4. The lowest BCUT2D eigenvalue weighted by atomic mass is 10.1. The highest BCUT2D eigenvalue weighted by Gasteiger charge is 2.31. The van der Waals surface area contributed by atoms with Crippen molar-refractivity contribution in [3.05, 3.63) is 58.8 Å². The Morgan fingerprint density at radius 2 is 1.92 bits per heavy atom. The first-order valence-electron chi connectivity index (χ1n) is 7.09. The Kier molecular flexibility index (Phi) is 4.14. The number of primary amides is 1. The average molecular weight is 344 g/mol. The molecule has 0 spiro atoms. The molecule has 0 radical (unpaired) electrons. The molecule has 24 heavy (non-hydrogen) atoms. The number of carbonyl (C=O) groups is 2. The van der Waals surface area contributed by atoms with E-state index in [2.05, 4.69) is 0 Å². The van der Waals surface area contributed by atoms with Crippen LogP contribution < -0.4 is 21.1 Å². The largest absolute Gasteiger partial charge is 0.449 e. The predicted octanol–water partition coefficient (Wildman–Crippen LogP) is 2.17. The van der Waals surface area contributed by atoms with Crippen LogP contribution in [0.15, 0.2) is 48.2 Å². The molecule has 0 aromatic heterocycles. The zero-order chi connectivity index (χ0) is 17.3. The van der Waals surface area contributed by atoms with Crippen molar-refractivity contribution < 1.29 is 14.3 Å². The Morgan fingerprint density at radius 3 is 2.58 bits per heavy atom. The van der Waals surface area contributed by atoms with Crippen LogP contribution in [0.4, 0.5) is 11.4 Å². The summed E-state index contributed by atoms with van der Waals surface area (Å²) < 4.78 is 5.67. The Balaban J connectivity index is 2.04. The van der Waals surface area contributed by atoms with E-state index in [1.165, 1.54) is 4.90 Å². The van der Waals surface area contributed by atoms with Crippen molar-refractivity contribution in [1.82, 2.24) is 0 Å². The van der Waals surface area contributed by atoms with E-state index in [-0.39, 0.29) is 12.3 Å². The molecule has 122 valence electrons. The predicted molar refractivity (Wildman–Crippen MR) is 92.5 cm³/mol. The molecule has 0 saturated carbocycles. The molecule has 0 saturated heterocycles. The van der Waals surface area contributed by atoms with Gasteiger partial charge in [-0.3, -0.25) is 14.5 Å². The minimum Gasteiger partial charge on any atom is -0.449 e. The van der Waals surface area contributed by atoms with Gasteiger partial charge in [0.25, 0.3) is 5.91 Å². The second-order valence-corrected chi connectivity index (χ2v) is 5.68. The van der Waals surface area contributed by atoms with Crippen molar-refractivity contribution in [2.24, 2.45) is 5.73 Å². The Morgan fingerprint density at radius 1 is 1.21 bits per heavy atom. The van der Waals surface area contributed by atoms with Gasteiger partial charge in [0.15, 0.2) is 11.5 Å². The maximum Gasteiger partial charge on any atom is 0.294 e. The number of rotatable bonds is 3. The van der Waals surface area contributed by atoms with Crippen LogP contribution >= 0.6 is 11.6 Å². The average Bonchev–Trinajstić information content (AvgIpc) is 2.54. The molecular weight excluding hydrogens is 330 g/mol. The van der Waals surface area contributed by atoms with Crippen LogP contribution in [0.25, 0.3) is 6.08 Å². The first-order valence-corrected chi connectivity index (χ1v) is 7.46. The molecule has 2 aromatic rings. The summed E-state index contributed by atoms with van der Waals surface area (Å²) in [6, 6.07) is 11.8.